The Hall–Kier alpha value is -1.73. The molecule has 3 nitrogen and oxygen atoms in total. The maximum atomic E-state index is 12.2. The lowest BCUT2D eigenvalue weighted by Crippen LogP contribution is -2.41. The van der Waals surface area contributed by atoms with Gasteiger partial charge in [-0.15, -0.1) is 11.3 Å². The normalized spacial score (nSPS) is 16.8. The van der Waals surface area contributed by atoms with Crippen molar-refractivity contribution >= 4 is 34.4 Å². The van der Waals surface area contributed by atoms with E-state index in [1.807, 2.05) is 0 Å². The lowest BCUT2D eigenvalue weighted by Gasteiger charge is -2.37. The maximum Gasteiger partial charge on any atom is 0.387 e. The Morgan fingerprint density at radius 1 is 1.38 bits per heavy atom. The fraction of sp³-hybridized carbons (Fsp3) is 0.353. The number of thiophene rings is 1. The van der Waals surface area contributed by atoms with Gasteiger partial charge >= 0.3 is 6.61 Å². The van der Waals surface area contributed by atoms with Gasteiger partial charge in [0.2, 0.25) is 0 Å². The summed E-state index contributed by atoms with van der Waals surface area (Å²) < 4.78 is 28.7. The van der Waals surface area contributed by atoms with Crippen LogP contribution in [0.1, 0.15) is 29.8 Å². The molecule has 2 heterocycles. The first kappa shape index (κ1) is 17.1. The summed E-state index contributed by atoms with van der Waals surface area (Å²) in [6.07, 6.45) is 1.97. The van der Waals surface area contributed by atoms with Gasteiger partial charge in [-0.2, -0.15) is 8.78 Å². The zero-order chi connectivity index (χ0) is 17.1. The number of halogens is 2. The van der Waals surface area contributed by atoms with Crippen LogP contribution in [0.4, 0.5) is 14.5 Å². The van der Waals surface area contributed by atoms with Crippen molar-refractivity contribution in [2.45, 2.75) is 32.4 Å². The molecule has 7 heteroatoms. The molecule has 1 aromatic carbocycles. The molecule has 0 radical (unpaired) electrons. The number of benzene rings is 1. The molecule has 1 aromatic heterocycles. The summed E-state index contributed by atoms with van der Waals surface area (Å²) in [5, 5.41) is 5.99. The summed E-state index contributed by atoms with van der Waals surface area (Å²) in [7, 11) is 0. The largest absolute Gasteiger partial charge is 0.435 e. The third kappa shape index (κ3) is 3.67. The molecule has 0 aliphatic carbocycles. The minimum absolute atomic E-state index is 0.133. The highest BCUT2D eigenvalue weighted by Gasteiger charge is 2.28. The maximum absolute atomic E-state index is 12.2. The van der Waals surface area contributed by atoms with Crippen LogP contribution in [0.2, 0.25) is 0 Å². The number of thiocarbonyl (C=S) groups is 1. The Balaban J connectivity index is 1.68. The van der Waals surface area contributed by atoms with Gasteiger partial charge in [-0.1, -0.05) is 6.92 Å². The lowest BCUT2D eigenvalue weighted by atomic mass is 9.98. The minimum atomic E-state index is -2.82. The second-order valence-electron chi connectivity index (χ2n) is 5.50. The van der Waals surface area contributed by atoms with E-state index in [-0.39, 0.29) is 11.8 Å². The fourth-order valence-corrected chi connectivity index (χ4v) is 4.26. The molecule has 0 bridgehead atoms. The highest BCUT2D eigenvalue weighted by Crippen LogP contribution is 2.35. The second kappa shape index (κ2) is 7.44. The molecule has 1 aliphatic heterocycles. The Bertz CT molecular complexity index is 703. The van der Waals surface area contributed by atoms with E-state index in [0.29, 0.717) is 5.11 Å². The zero-order valence-corrected chi connectivity index (χ0v) is 14.8. The Kier molecular flexibility index (Phi) is 5.30. The van der Waals surface area contributed by atoms with Crippen LogP contribution in [0.25, 0.3) is 0 Å². The summed E-state index contributed by atoms with van der Waals surface area (Å²) >= 11 is 7.38. The molecule has 0 saturated heterocycles. The highest BCUT2D eigenvalue weighted by molar-refractivity contribution is 7.80. The number of hydrogen-bond acceptors (Lipinski definition) is 3. The van der Waals surface area contributed by atoms with Gasteiger partial charge < -0.3 is 15.0 Å². The SMILES string of the molecule is CC[C@@H]1c2ccsc2CCN1C(=S)Nc1ccc(OC(F)F)cc1. The van der Waals surface area contributed by atoms with Crippen molar-refractivity contribution in [3.8, 4) is 5.75 Å². The molecular formula is C17H18F2N2OS2. The molecule has 1 N–H and O–H groups in total. The molecule has 24 heavy (non-hydrogen) atoms. The van der Waals surface area contributed by atoms with Crippen LogP contribution >= 0.6 is 23.6 Å². The standard InChI is InChI=1S/C17H18F2N2OS2/c1-2-14-13-8-10-24-15(13)7-9-21(14)17(23)20-11-3-5-12(6-4-11)22-16(18)19/h3-6,8,10,14,16H,2,7,9H2,1H3,(H,20,23)/t14-/m1/s1. The first-order valence-corrected chi connectivity index (χ1v) is 9.06. The number of nitrogens with zero attached hydrogens (tertiary/aromatic N) is 1. The number of rotatable bonds is 4. The van der Waals surface area contributed by atoms with Crippen LogP contribution in [-0.2, 0) is 6.42 Å². The van der Waals surface area contributed by atoms with Gasteiger partial charge in [0.25, 0.3) is 0 Å². The zero-order valence-electron chi connectivity index (χ0n) is 13.2. The number of anilines is 1. The van der Waals surface area contributed by atoms with E-state index in [1.54, 1.807) is 23.5 Å². The summed E-state index contributed by atoms with van der Waals surface area (Å²) in [4.78, 5) is 3.64. The van der Waals surface area contributed by atoms with Gasteiger partial charge in [0.1, 0.15) is 5.75 Å². The predicted molar refractivity (Wildman–Crippen MR) is 97.1 cm³/mol. The number of hydrogen-bond donors (Lipinski definition) is 1. The van der Waals surface area contributed by atoms with Crippen LogP contribution in [0.5, 0.6) is 5.75 Å². The molecule has 0 spiro atoms. The van der Waals surface area contributed by atoms with Crippen molar-refractivity contribution in [2.24, 2.45) is 0 Å². The summed E-state index contributed by atoms with van der Waals surface area (Å²) in [6.45, 7) is 0.219. The van der Waals surface area contributed by atoms with Gasteiger partial charge in [0.15, 0.2) is 5.11 Å². The van der Waals surface area contributed by atoms with Crippen molar-refractivity contribution in [1.29, 1.82) is 0 Å². The fourth-order valence-electron chi connectivity index (χ4n) is 2.99. The predicted octanol–water partition coefficient (Wildman–Crippen LogP) is 5.06. The van der Waals surface area contributed by atoms with Gasteiger partial charge in [-0.25, -0.2) is 0 Å². The smallest absolute Gasteiger partial charge is 0.387 e. The Morgan fingerprint density at radius 3 is 2.79 bits per heavy atom. The van der Waals surface area contributed by atoms with Crippen molar-refractivity contribution in [3.05, 3.63) is 46.2 Å². The van der Waals surface area contributed by atoms with Gasteiger partial charge in [-0.3, -0.25) is 0 Å². The van der Waals surface area contributed by atoms with Crippen molar-refractivity contribution in [3.63, 3.8) is 0 Å². The average molecular weight is 368 g/mol. The molecule has 0 fully saturated rings. The molecule has 0 unspecified atom stereocenters. The van der Waals surface area contributed by atoms with E-state index >= 15 is 0 Å². The second-order valence-corrected chi connectivity index (χ2v) is 6.89. The summed E-state index contributed by atoms with van der Waals surface area (Å²) in [5.74, 6) is 0.133. The lowest BCUT2D eigenvalue weighted by molar-refractivity contribution is -0.0498. The molecule has 2 aromatic rings. The molecule has 3 rings (SSSR count). The molecule has 128 valence electrons. The van der Waals surface area contributed by atoms with E-state index in [1.165, 1.54) is 22.6 Å². The third-order valence-corrected chi connectivity index (χ3v) is 5.41. The van der Waals surface area contributed by atoms with Gasteiger partial charge in [0.05, 0.1) is 6.04 Å². The number of fused-ring (bicyclic) bond motifs is 1. The van der Waals surface area contributed by atoms with Crippen LogP contribution in [0, 0.1) is 0 Å². The summed E-state index contributed by atoms with van der Waals surface area (Å²) in [6, 6.07) is 8.83. The van der Waals surface area contributed by atoms with Crippen LogP contribution in [0.15, 0.2) is 35.7 Å². The van der Waals surface area contributed by atoms with Crippen LogP contribution in [0.3, 0.4) is 0 Å². The highest BCUT2D eigenvalue weighted by atomic mass is 32.1. The summed E-state index contributed by atoms with van der Waals surface area (Å²) in [5.41, 5.74) is 2.12. The topological polar surface area (TPSA) is 24.5 Å². The quantitative estimate of drug-likeness (QED) is 0.763. The average Bonchev–Trinajstić information content (AvgIpc) is 3.03. The van der Waals surface area contributed by atoms with Crippen molar-refractivity contribution in [2.75, 3.05) is 11.9 Å². The monoisotopic (exact) mass is 368 g/mol. The Morgan fingerprint density at radius 2 is 2.12 bits per heavy atom. The van der Waals surface area contributed by atoms with E-state index < -0.39 is 6.61 Å². The molecular weight excluding hydrogens is 350 g/mol. The van der Waals surface area contributed by atoms with Crippen LogP contribution < -0.4 is 10.1 Å². The van der Waals surface area contributed by atoms with Crippen molar-refractivity contribution < 1.29 is 13.5 Å². The van der Waals surface area contributed by atoms with E-state index in [4.69, 9.17) is 12.2 Å². The number of alkyl halides is 2. The molecule has 0 amide bonds. The Labute approximate surface area is 149 Å². The minimum Gasteiger partial charge on any atom is -0.435 e. The van der Waals surface area contributed by atoms with E-state index in [0.717, 1.165) is 25.1 Å². The van der Waals surface area contributed by atoms with E-state index in [2.05, 4.69) is 33.3 Å². The molecule has 0 saturated carbocycles. The molecule has 1 aliphatic rings. The number of nitrogens with one attached hydrogen (secondary N) is 1. The van der Waals surface area contributed by atoms with Crippen molar-refractivity contribution in [1.82, 2.24) is 4.90 Å². The molecule has 1 atom stereocenters. The van der Waals surface area contributed by atoms with Gasteiger partial charge in [-0.05, 0) is 66.3 Å². The third-order valence-electron chi connectivity index (χ3n) is 4.07. The first-order chi connectivity index (χ1) is 11.6. The first-order valence-electron chi connectivity index (χ1n) is 7.77. The number of ether oxygens (including phenoxy) is 1. The van der Waals surface area contributed by atoms with Gasteiger partial charge in [0, 0.05) is 17.1 Å². The van der Waals surface area contributed by atoms with Crippen LogP contribution in [-0.4, -0.2) is 23.2 Å². The van der Waals surface area contributed by atoms with E-state index in [9.17, 15) is 8.78 Å².